The highest BCUT2D eigenvalue weighted by Gasteiger charge is 2.20. The van der Waals surface area contributed by atoms with E-state index in [1.54, 1.807) is 12.1 Å². The van der Waals surface area contributed by atoms with Gasteiger partial charge in [-0.1, -0.05) is 39.7 Å². The van der Waals surface area contributed by atoms with Crippen LogP contribution in [0.4, 0.5) is 0 Å². The van der Waals surface area contributed by atoms with Crippen molar-refractivity contribution in [2.45, 2.75) is 19.1 Å². The van der Waals surface area contributed by atoms with Crippen molar-refractivity contribution in [2.75, 3.05) is 5.33 Å². The second-order valence-electron chi connectivity index (χ2n) is 3.46. The van der Waals surface area contributed by atoms with E-state index in [9.17, 15) is 15.0 Å². The molecule has 0 aliphatic rings. The number of halogens is 2. The molecule has 1 aromatic carbocycles. The second kappa shape index (κ2) is 5.77. The van der Waals surface area contributed by atoms with Gasteiger partial charge in [-0.15, -0.1) is 0 Å². The molecule has 0 bridgehead atoms. The SMILES string of the molecule is CC(=O)c1ccc(C(O)C(O)CBr)c(Cl)c1. The number of carbonyl (C=O) groups is 1. The third-order valence-corrected chi connectivity index (χ3v) is 3.24. The quantitative estimate of drug-likeness (QED) is 0.663. The van der Waals surface area contributed by atoms with Crippen LogP contribution in [0.25, 0.3) is 0 Å². The van der Waals surface area contributed by atoms with Gasteiger partial charge in [-0.2, -0.15) is 0 Å². The van der Waals surface area contributed by atoms with Crippen LogP contribution < -0.4 is 0 Å². The summed E-state index contributed by atoms with van der Waals surface area (Å²) in [6.07, 6.45) is -1.99. The topological polar surface area (TPSA) is 57.5 Å². The second-order valence-corrected chi connectivity index (χ2v) is 4.51. The van der Waals surface area contributed by atoms with Crippen molar-refractivity contribution in [3.05, 3.63) is 34.3 Å². The van der Waals surface area contributed by atoms with E-state index < -0.39 is 12.2 Å². The Morgan fingerprint density at radius 3 is 2.56 bits per heavy atom. The number of rotatable bonds is 4. The molecule has 2 N–H and O–H groups in total. The number of ketones is 1. The molecule has 0 spiro atoms. The van der Waals surface area contributed by atoms with Crippen LogP contribution >= 0.6 is 27.5 Å². The Hall–Kier alpha value is -0.420. The monoisotopic (exact) mass is 306 g/mol. The number of hydrogen-bond acceptors (Lipinski definition) is 3. The van der Waals surface area contributed by atoms with Gasteiger partial charge in [0.2, 0.25) is 0 Å². The maximum Gasteiger partial charge on any atom is 0.159 e. The van der Waals surface area contributed by atoms with Crippen molar-refractivity contribution in [1.82, 2.24) is 0 Å². The van der Waals surface area contributed by atoms with Gasteiger partial charge in [0.1, 0.15) is 6.10 Å². The molecule has 2 atom stereocenters. The van der Waals surface area contributed by atoms with Gasteiger partial charge in [-0.3, -0.25) is 4.79 Å². The summed E-state index contributed by atoms with van der Waals surface area (Å²) in [5, 5.41) is 19.7. The minimum absolute atomic E-state index is 0.0935. The fourth-order valence-electron chi connectivity index (χ4n) is 1.28. The van der Waals surface area contributed by atoms with E-state index >= 15 is 0 Å². The summed E-state index contributed by atoms with van der Waals surface area (Å²) in [4.78, 5) is 11.1. The molecular weight excluding hydrogens is 295 g/mol. The van der Waals surface area contributed by atoms with Crippen LogP contribution in [0.15, 0.2) is 18.2 Å². The highest BCUT2D eigenvalue weighted by Crippen LogP contribution is 2.27. The van der Waals surface area contributed by atoms with Crippen molar-refractivity contribution in [2.24, 2.45) is 0 Å². The van der Waals surface area contributed by atoms with Crippen molar-refractivity contribution in [3.63, 3.8) is 0 Å². The predicted molar refractivity (Wildman–Crippen MR) is 66.2 cm³/mol. The normalized spacial score (nSPS) is 14.6. The lowest BCUT2D eigenvalue weighted by molar-refractivity contribution is 0.0343. The Kier molecular flexibility index (Phi) is 4.92. The zero-order valence-electron chi connectivity index (χ0n) is 8.65. The Labute approximate surface area is 107 Å². The van der Waals surface area contributed by atoms with Crippen molar-refractivity contribution < 1.29 is 15.0 Å². The van der Waals surface area contributed by atoms with Crippen LogP contribution in [0, 0.1) is 0 Å². The van der Waals surface area contributed by atoms with E-state index in [4.69, 9.17) is 11.6 Å². The minimum atomic E-state index is -1.06. The van der Waals surface area contributed by atoms with E-state index in [2.05, 4.69) is 15.9 Å². The standard InChI is InChI=1S/C11H12BrClO3/c1-6(14)7-2-3-8(9(13)4-7)11(16)10(15)5-12/h2-4,10-11,15-16H,5H2,1H3. The first kappa shape index (κ1) is 13.6. The van der Waals surface area contributed by atoms with Crippen molar-refractivity contribution >= 4 is 33.3 Å². The molecule has 0 aliphatic carbocycles. The number of aliphatic hydroxyl groups is 2. The Bertz CT molecular complexity index is 395. The first-order valence-corrected chi connectivity index (χ1v) is 6.19. The van der Waals surface area contributed by atoms with Crippen LogP contribution in [0.2, 0.25) is 5.02 Å². The lowest BCUT2D eigenvalue weighted by Gasteiger charge is -2.17. The molecule has 1 rings (SSSR count). The van der Waals surface area contributed by atoms with E-state index in [0.29, 0.717) is 11.1 Å². The van der Waals surface area contributed by atoms with Gasteiger partial charge in [0.05, 0.1) is 6.10 Å². The number of alkyl halides is 1. The van der Waals surface area contributed by atoms with Crippen LogP contribution in [0.5, 0.6) is 0 Å². The summed E-state index contributed by atoms with van der Waals surface area (Å²) in [5.41, 5.74) is 0.896. The van der Waals surface area contributed by atoms with E-state index in [1.165, 1.54) is 13.0 Å². The average Bonchev–Trinajstić information content (AvgIpc) is 2.26. The van der Waals surface area contributed by atoms with Gasteiger partial charge < -0.3 is 10.2 Å². The fraction of sp³-hybridized carbons (Fsp3) is 0.364. The van der Waals surface area contributed by atoms with Crippen LogP contribution in [-0.2, 0) is 0 Å². The summed E-state index contributed by atoms with van der Waals surface area (Å²) < 4.78 is 0. The van der Waals surface area contributed by atoms with Gasteiger partial charge >= 0.3 is 0 Å². The Morgan fingerprint density at radius 1 is 1.50 bits per heavy atom. The maximum atomic E-state index is 11.1. The zero-order chi connectivity index (χ0) is 12.3. The maximum absolute atomic E-state index is 11.1. The molecule has 0 radical (unpaired) electrons. The third-order valence-electron chi connectivity index (χ3n) is 2.25. The lowest BCUT2D eigenvalue weighted by Crippen LogP contribution is -2.19. The van der Waals surface area contributed by atoms with E-state index in [1.807, 2.05) is 0 Å². The number of Topliss-reactive ketones (excluding diaryl/α,β-unsaturated/α-hetero) is 1. The molecule has 0 saturated heterocycles. The molecule has 0 amide bonds. The molecule has 0 saturated carbocycles. The number of carbonyl (C=O) groups excluding carboxylic acids is 1. The number of benzene rings is 1. The van der Waals surface area contributed by atoms with Gasteiger partial charge in [0.25, 0.3) is 0 Å². The molecule has 0 aromatic heterocycles. The van der Waals surface area contributed by atoms with Crippen LogP contribution in [0.1, 0.15) is 28.9 Å². The largest absolute Gasteiger partial charge is 0.389 e. The van der Waals surface area contributed by atoms with Gasteiger partial charge in [0, 0.05) is 21.5 Å². The molecule has 88 valence electrons. The summed E-state index contributed by atoms with van der Waals surface area (Å²) in [6.45, 7) is 1.44. The summed E-state index contributed by atoms with van der Waals surface area (Å²) in [6, 6.07) is 4.62. The van der Waals surface area contributed by atoms with Gasteiger partial charge in [-0.05, 0) is 13.0 Å². The first-order valence-electron chi connectivity index (χ1n) is 4.70. The molecule has 0 aliphatic heterocycles. The molecule has 5 heteroatoms. The lowest BCUT2D eigenvalue weighted by atomic mass is 10.0. The predicted octanol–water partition coefficient (Wildman–Crippen LogP) is 2.33. The molecule has 0 fully saturated rings. The Morgan fingerprint density at radius 2 is 2.12 bits per heavy atom. The average molecular weight is 308 g/mol. The number of hydrogen-bond donors (Lipinski definition) is 2. The van der Waals surface area contributed by atoms with Gasteiger partial charge in [-0.25, -0.2) is 0 Å². The number of aliphatic hydroxyl groups excluding tert-OH is 2. The highest BCUT2D eigenvalue weighted by atomic mass is 79.9. The zero-order valence-corrected chi connectivity index (χ0v) is 11.0. The van der Waals surface area contributed by atoms with Crippen molar-refractivity contribution in [1.29, 1.82) is 0 Å². The molecular formula is C11H12BrClO3. The summed E-state index contributed by atoms with van der Waals surface area (Å²) >= 11 is 9.00. The minimum Gasteiger partial charge on any atom is -0.389 e. The smallest absolute Gasteiger partial charge is 0.159 e. The molecule has 0 heterocycles. The molecule has 2 unspecified atom stereocenters. The van der Waals surface area contributed by atoms with Gasteiger partial charge in [0.15, 0.2) is 5.78 Å². The summed E-state index contributed by atoms with van der Waals surface area (Å²) in [5.74, 6) is -0.0935. The van der Waals surface area contributed by atoms with Crippen LogP contribution in [-0.4, -0.2) is 27.4 Å². The fourth-order valence-corrected chi connectivity index (χ4v) is 1.92. The van der Waals surface area contributed by atoms with Crippen LogP contribution in [0.3, 0.4) is 0 Å². The molecule has 16 heavy (non-hydrogen) atoms. The molecule has 3 nitrogen and oxygen atoms in total. The molecule has 1 aromatic rings. The summed E-state index contributed by atoms with van der Waals surface area (Å²) in [7, 11) is 0. The Balaban J connectivity index is 3.03. The van der Waals surface area contributed by atoms with E-state index in [-0.39, 0.29) is 16.1 Å². The van der Waals surface area contributed by atoms with Crippen molar-refractivity contribution in [3.8, 4) is 0 Å². The highest BCUT2D eigenvalue weighted by molar-refractivity contribution is 9.09. The van der Waals surface area contributed by atoms with E-state index in [0.717, 1.165) is 0 Å². The third kappa shape index (κ3) is 3.04. The first-order chi connectivity index (χ1) is 7.47.